The molecule has 1 saturated heterocycles. The summed E-state index contributed by atoms with van der Waals surface area (Å²) >= 11 is 5.94. The second-order valence-corrected chi connectivity index (χ2v) is 7.43. The van der Waals surface area contributed by atoms with Gasteiger partial charge < -0.3 is 14.6 Å². The van der Waals surface area contributed by atoms with Crippen molar-refractivity contribution in [3.05, 3.63) is 70.9 Å². The van der Waals surface area contributed by atoms with Crippen LogP contribution < -0.4 is 0 Å². The highest BCUT2D eigenvalue weighted by Crippen LogP contribution is 2.34. The number of piperidine rings is 1. The SMILES string of the molecule is Cn1ccc2c(C(=O)N3CCC(O)(c4ccc(Cl)cc4)CC3)cccc21. The molecule has 3 aromatic rings. The summed E-state index contributed by atoms with van der Waals surface area (Å²) in [5.74, 6) is 0.0277. The van der Waals surface area contributed by atoms with Crippen molar-refractivity contribution in [3.63, 3.8) is 0 Å². The van der Waals surface area contributed by atoms with Crippen LogP contribution in [0.2, 0.25) is 5.02 Å². The van der Waals surface area contributed by atoms with Crippen LogP contribution in [0.25, 0.3) is 10.9 Å². The monoisotopic (exact) mass is 368 g/mol. The van der Waals surface area contributed by atoms with Gasteiger partial charge in [-0.3, -0.25) is 4.79 Å². The number of aryl methyl sites for hydroxylation is 1. The molecule has 26 heavy (non-hydrogen) atoms. The van der Waals surface area contributed by atoms with Crippen molar-refractivity contribution in [2.75, 3.05) is 13.1 Å². The Labute approximate surface area is 157 Å². The molecule has 0 aliphatic carbocycles. The summed E-state index contributed by atoms with van der Waals surface area (Å²) in [4.78, 5) is 14.9. The Bertz CT molecular complexity index is 954. The maximum absolute atomic E-state index is 13.0. The number of carbonyl (C=O) groups is 1. The van der Waals surface area contributed by atoms with Gasteiger partial charge in [0.05, 0.1) is 5.60 Å². The van der Waals surface area contributed by atoms with E-state index in [9.17, 15) is 9.90 Å². The summed E-state index contributed by atoms with van der Waals surface area (Å²) in [7, 11) is 1.98. The molecule has 0 unspecified atom stereocenters. The molecule has 0 saturated carbocycles. The Hall–Kier alpha value is -2.30. The van der Waals surface area contributed by atoms with E-state index in [0.717, 1.165) is 22.0 Å². The first-order valence-electron chi connectivity index (χ1n) is 8.80. The average Bonchev–Trinajstić information content (AvgIpc) is 3.03. The number of hydrogen-bond acceptors (Lipinski definition) is 2. The number of fused-ring (bicyclic) bond motifs is 1. The fraction of sp³-hybridized carbons (Fsp3) is 0.286. The molecule has 134 valence electrons. The van der Waals surface area contributed by atoms with Crippen LogP contribution in [0.15, 0.2) is 54.7 Å². The summed E-state index contributed by atoms with van der Waals surface area (Å²) in [5.41, 5.74) is 1.73. The summed E-state index contributed by atoms with van der Waals surface area (Å²) < 4.78 is 2.02. The first-order chi connectivity index (χ1) is 12.5. The van der Waals surface area contributed by atoms with Gasteiger partial charge in [0.25, 0.3) is 5.91 Å². The standard InChI is InChI=1S/C21H21ClN2O2/c1-23-12-9-17-18(3-2-4-19(17)23)20(25)24-13-10-21(26,11-14-24)15-5-7-16(22)8-6-15/h2-9,12,26H,10-11,13-14H2,1H3. The van der Waals surface area contributed by atoms with Crippen LogP contribution in [-0.4, -0.2) is 33.6 Å². The number of benzene rings is 2. The lowest BCUT2D eigenvalue weighted by molar-refractivity contribution is -0.0211. The number of likely N-dealkylation sites (tertiary alicyclic amines) is 1. The van der Waals surface area contributed by atoms with Gasteiger partial charge in [0.15, 0.2) is 0 Å². The van der Waals surface area contributed by atoms with E-state index in [1.165, 1.54) is 0 Å². The molecule has 2 aromatic carbocycles. The smallest absolute Gasteiger partial charge is 0.254 e. The number of carbonyl (C=O) groups excluding carboxylic acids is 1. The number of rotatable bonds is 2. The van der Waals surface area contributed by atoms with Gasteiger partial charge in [-0.15, -0.1) is 0 Å². The van der Waals surface area contributed by atoms with Crippen molar-refractivity contribution in [1.82, 2.24) is 9.47 Å². The maximum Gasteiger partial charge on any atom is 0.254 e. The molecule has 0 atom stereocenters. The van der Waals surface area contributed by atoms with Gasteiger partial charge in [-0.25, -0.2) is 0 Å². The molecule has 0 spiro atoms. The highest BCUT2D eigenvalue weighted by molar-refractivity contribution is 6.30. The minimum absolute atomic E-state index is 0.0277. The third kappa shape index (κ3) is 2.89. The molecule has 1 aliphatic heterocycles. The van der Waals surface area contributed by atoms with Crippen LogP contribution >= 0.6 is 11.6 Å². The van der Waals surface area contributed by atoms with Gasteiger partial charge in [0.1, 0.15) is 0 Å². The topological polar surface area (TPSA) is 45.5 Å². The molecule has 4 rings (SSSR count). The largest absolute Gasteiger partial charge is 0.385 e. The number of halogens is 1. The zero-order valence-electron chi connectivity index (χ0n) is 14.7. The van der Waals surface area contributed by atoms with Crippen molar-refractivity contribution in [1.29, 1.82) is 0 Å². The maximum atomic E-state index is 13.0. The van der Waals surface area contributed by atoms with Crippen molar-refractivity contribution in [2.24, 2.45) is 7.05 Å². The highest BCUT2D eigenvalue weighted by Gasteiger charge is 2.35. The normalized spacial score (nSPS) is 16.8. The van der Waals surface area contributed by atoms with Crippen molar-refractivity contribution in [3.8, 4) is 0 Å². The Balaban J connectivity index is 1.54. The number of aromatic nitrogens is 1. The molecule has 1 aromatic heterocycles. The number of aliphatic hydroxyl groups is 1. The van der Waals surface area contributed by atoms with Crippen LogP contribution in [0.1, 0.15) is 28.8 Å². The van der Waals surface area contributed by atoms with Gasteiger partial charge in [0, 0.05) is 47.8 Å². The lowest BCUT2D eigenvalue weighted by Crippen LogP contribution is -2.45. The second kappa shape index (κ2) is 6.45. The Morgan fingerprint density at radius 1 is 1.08 bits per heavy atom. The molecule has 1 N–H and O–H groups in total. The zero-order chi connectivity index (χ0) is 18.3. The Morgan fingerprint density at radius 3 is 2.46 bits per heavy atom. The summed E-state index contributed by atoms with van der Waals surface area (Å²) in [6, 6.07) is 15.1. The first kappa shape index (κ1) is 17.1. The summed E-state index contributed by atoms with van der Waals surface area (Å²) in [6.07, 6.45) is 3.01. The lowest BCUT2D eigenvalue weighted by Gasteiger charge is -2.38. The lowest BCUT2D eigenvalue weighted by atomic mass is 9.84. The Morgan fingerprint density at radius 2 is 1.77 bits per heavy atom. The quantitative estimate of drug-likeness (QED) is 0.744. The molecule has 1 amide bonds. The van der Waals surface area contributed by atoms with Crippen molar-refractivity contribution in [2.45, 2.75) is 18.4 Å². The highest BCUT2D eigenvalue weighted by atomic mass is 35.5. The van der Waals surface area contributed by atoms with E-state index in [1.54, 1.807) is 12.1 Å². The summed E-state index contributed by atoms with van der Waals surface area (Å²) in [5, 5.41) is 12.6. The Kier molecular flexibility index (Phi) is 4.25. The third-order valence-electron chi connectivity index (χ3n) is 5.42. The average molecular weight is 369 g/mol. The van der Waals surface area contributed by atoms with Crippen LogP contribution in [0.3, 0.4) is 0 Å². The number of amides is 1. The van der Waals surface area contributed by atoms with E-state index < -0.39 is 5.60 Å². The van der Waals surface area contributed by atoms with Gasteiger partial charge >= 0.3 is 0 Å². The predicted octanol–water partition coefficient (Wildman–Crippen LogP) is 3.96. The van der Waals surface area contributed by atoms with E-state index in [2.05, 4.69) is 0 Å². The fourth-order valence-corrected chi connectivity index (χ4v) is 3.91. The molecular weight excluding hydrogens is 348 g/mol. The zero-order valence-corrected chi connectivity index (χ0v) is 15.4. The summed E-state index contributed by atoms with van der Waals surface area (Å²) in [6.45, 7) is 1.06. The predicted molar refractivity (Wildman–Crippen MR) is 103 cm³/mol. The molecule has 2 heterocycles. The van der Waals surface area contributed by atoms with Gasteiger partial charge in [0.2, 0.25) is 0 Å². The molecule has 4 nitrogen and oxygen atoms in total. The van der Waals surface area contributed by atoms with E-state index in [1.807, 2.05) is 59.1 Å². The molecule has 5 heteroatoms. The van der Waals surface area contributed by atoms with Crippen LogP contribution in [0.5, 0.6) is 0 Å². The minimum atomic E-state index is -0.903. The van der Waals surface area contributed by atoms with Crippen LogP contribution in [0, 0.1) is 0 Å². The molecule has 1 aliphatic rings. The van der Waals surface area contributed by atoms with E-state index in [-0.39, 0.29) is 5.91 Å². The fourth-order valence-electron chi connectivity index (χ4n) is 3.79. The van der Waals surface area contributed by atoms with Gasteiger partial charge in [-0.05, 0) is 48.7 Å². The van der Waals surface area contributed by atoms with E-state index in [4.69, 9.17) is 11.6 Å². The van der Waals surface area contributed by atoms with Crippen molar-refractivity contribution >= 4 is 28.4 Å². The molecular formula is C21H21ClN2O2. The van der Waals surface area contributed by atoms with Gasteiger partial charge in [-0.1, -0.05) is 29.8 Å². The van der Waals surface area contributed by atoms with Crippen molar-refractivity contribution < 1.29 is 9.90 Å². The van der Waals surface area contributed by atoms with Crippen LogP contribution in [-0.2, 0) is 12.6 Å². The third-order valence-corrected chi connectivity index (χ3v) is 5.67. The molecule has 0 radical (unpaired) electrons. The molecule has 0 bridgehead atoms. The second-order valence-electron chi connectivity index (χ2n) is 7.00. The number of nitrogens with zero attached hydrogens (tertiary/aromatic N) is 2. The van der Waals surface area contributed by atoms with E-state index >= 15 is 0 Å². The molecule has 1 fully saturated rings. The number of hydrogen-bond donors (Lipinski definition) is 1. The van der Waals surface area contributed by atoms with Crippen LogP contribution in [0.4, 0.5) is 0 Å². The minimum Gasteiger partial charge on any atom is -0.385 e. The van der Waals surface area contributed by atoms with E-state index in [0.29, 0.717) is 31.0 Å². The first-order valence-corrected chi connectivity index (χ1v) is 9.17. The van der Waals surface area contributed by atoms with Gasteiger partial charge in [-0.2, -0.15) is 0 Å².